The van der Waals surface area contributed by atoms with Crippen LogP contribution in [0.5, 0.6) is 11.5 Å². The standard InChI is InChI=1S/C39H43N5O10S2/c1-51-23-12-15-26-30(18-23)54-34-31(19-28(40-33(26)34)32-11-8-16-55-32)53-24-17-29-35(45)42-39(37(47)43-56(49,50)25-13-14-25)20-22(39)9-6-4-3-5-7-10-27(41-38(48)52-2)36(46)44(29)21-24/h6,8-9,11-12,15-16,18-19,22,24-25,27,29H,3-5,7,10,13-14,17,20-21H2,1-2H3,(H,41,48)(H,42,45)(H,43,47)/b9-6-/t22-,24+,27-,29-,39+/m0/s1. The first-order chi connectivity index (χ1) is 27.0. The molecule has 0 unspecified atom stereocenters. The van der Waals surface area contributed by atoms with Crippen LogP contribution in [0.3, 0.4) is 0 Å². The quantitative estimate of drug-likeness (QED) is 0.207. The van der Waals surface area contributed by atoms with E-state index in [4.69, 9.17) is 23.6 Å². The van der Waals surface area contributed by atoms with Gasteiger partial charge in [-0.2, -0.15) is 0 Å². The van der Waals surface area contributed by atoms with Crippen LogP contribution in [0, 0.1) is 5.92 Å². The van der Waals surface area contributed by atoms with E-state index >= 15 is 0 Å². The van der Waals surface area contributed by atoms with Crippen molar-refractivity contribution in [3.8, 4) is 22.1 Å². The summed E-state index contributed by atoms with van der Waals surface area (Å²) in [6.45, 7) is -0.0406. The molecule has 3 N–H and O–H groups in total. The second-order valence-electron chi connectivity index (χ2n) is 14.8. The Morgan fingerprint density at radius 3 is 2.68 bits per heavy atom. The maximum absolute atomic E-state index is 14.5. The zero-order valence-electron chi connectivity index (χ0n) is 30.9. The molecular weight excluding hydrogens is 763 g/mol. The molecule has 2 saturated carbocycles. The fourth-order valence-corrected chi connectivity index (χ4v) is 9.73. The third-order valence-electron chi connectivity index (χ3n) is 11.0. The van der Waals surface area contributed by atoms with Gasteiger partial charge in [-0.05, 0) is 62.1 Å². The number of aromatic nitrogens is 1. The van der Waals surface area contributed by atoms with Gasteiger partial charge >= 0.3 is 6.09 Å². The van der Waals surface area contributed by atoms with Crippen LogP contribution < -0.4 is 24.8 Å². The summed E-state index contributed by atoms with van der Waals surface area (Å²) < 4.78 is 51.2. The van der Waals surface area contributed by atoms with E-state index in [-0.39, 0.29) is 19.4 Å². The summed E-state index contributed by atoms with van der Waals surface area (Å²) in [4.78, 5) is 62.3. The molecule has 4 aromatic rings. The van der Waals surface area contributed by atoms with E-state index < -0.39 is 68.7 Å². The molecule has 56 heavy (non-hydrogen) atoms. The highest BCUT2D eigenvalue weighted by molar-refractivity contribution is 7.91. The monoisotopic (exact) mass is 805 g/mol. The summed E-state index contributed by atoms with van der Waals surface area (Å²) in [6, 6.07) is 8.94. The van der Waals surface area contributed by atoms with Gasteiger partial charge in [0.1, 0.15) is 40.6 Å². The molecule has 5 atom stereocenters. The lowest BCUT2D eigenvalue weighted by atomic mass is 10.1. The fourth-order valence-electron chi connectivity index (χ4n) is 7.68. The first-order valence-electron chi connectivity index (χ1n) is 18.8. The summed E-state index contributed by atoms with van der Waals surface area (Å²) in [5, 5.41) is 7.59. The molecule has 17 heteroatoms. The van der Waals surface area contributed by atoms with Crippen molar-refractivity contribution in [2.45, 2.75) is 86.8 Å². The minimum atomic E-state index is -3.91. The minimum Gasteiger partial charge on any atom is -0.497 e. The van der Waals surface area contributed by atoms with Crippen molar-refractivity contribution in [3.05, 3.63) is 53.9 Å². The van der Waals surface area contributed by atoms with Crippen molar-refractivity contribution in [1.29, 1.82) is 0 Å². The molecule has 296 valence electrons. The highest BCUT2D eigenvalue weighted by atomic mass is 32.2. The number of ether oxygens (including phenoxy) is 3. The third kappa shape index (κ3) is 7.41. The van der Waals surface area contributed by atoms with Crippen molar-refractivity contribution in [1.82, 2.24) is 25.2 Å². The van der Waals surface area contributed by atoms with Crippen molar-refractivity contribution >= 4 is 67.2 Å². The number of rotatable bonds is 8. The molecule has 15 nitrogen and oxygen atoms in total. The van der Waals surface area contributed by atoms with Gasteiger partial charge in [-0.15, -0.1) is 11.3 Å². The average molecular weight is 806 g/mol. The number of amides is 4. The Hall–Kier alpha value is -5.16. The van der Waals surface area contributed by atoms with Crippen LogP contribution in [0.2, 0.25) is 0 Å². The first-order valence-corrected chi connectivity index (χ1v) is 21.2. The Kier molecular flexibility index (Phi) is 10.2. The molecule has 3 aromatic heterocycles. The van der Waals surface area contributed by atoms with Crippen LogP contribution in [-0.2, 0) is 29.1 Å². The number of hydrogen-bond acceptors (Lipinski definition) is 12. The highest BCUT2D eigenvalue weighted by Gasteiger charge is 2.62. The second kappa shape index (κ2) is 15.1. The number of alkyl carbamates (subject to hydrolysis) is 1. The molecule has 0 radical (unpaired) electrons. The molecule has 1 saturated heterocycles. The number of thiophene rings is 1. The number of nitrogens with one attached hydrogen (secondary N) is 3. The molecule has 5 heterocycles. The van der Waals surface area contributed by atoms with Gasteiger partial charge in [0.2, 0.25) is 21.8 Å². The highest BCUT2D eigenvalue weighted by Crippen LogP contribution is 2.46. The zero-order chi connectivity index (χ0) is 39.2. The van der Waals surface area contributed by atoms with Gasteiger partial charge < -0.3 is 34.2 Å². The largest absolute Gasteiger partial charge is 0.497 e. The number of benzene rings is 1. The van der Waals surface area contributed by atoms with Crippen LogP contribution in [0.1, 0.15) is 57.8 Å². The lowest BCUT2D eigenvalue weighted by Crippen LogP contribution is -2.58. The average Bonchev–Trinajstić information content (AvgIpc) is 3.98. The van der Waals surface area contributed by atoms with Crippen LogP contribution in [-0.4, -0.2) is 91.9 Å². The molecule has 0 spiro atoms. The number of sulfonamides is 1. The Labute approximate surface area is 327 Å². The summed E-state index contributed by atoms with van der Waals surface area (Å²) in [5.74, 6) is -1.43. The lowest BCUT2D eigenvalue weighted by Gasteiger charge is -2.29. The molecule has 8 rings (SSSR count). The summed E-state index contributed by atoms with van der Waals surface area (Å²) in [6.07, 6.45) is 6.58. The summed E-state index contributed by atoms with van der Waals surface area (Å²) in [5.41, 5.74) is 0.598. The number of furan rings is 1. The third-order valence-corrected chi connectivity index (χ3v) is 13.7. The Morgan fingerprint density at radius 2 is 1.93 bits per heavy atom. The number of allylic oxidation sites excluding steroid dienone is 1. The molecule has 0 bridgehead atoms. The van der Waals surface area contributed by atoms with Crippen molar-refractivity contribution in [3.63, 3.8) is 0 Å². The molecule has 1 aromatic carbocycles. The Morgan fingerprint density at radius 1 is 1.09 bits per heavy atom. The van der Waals surface area contributed by atoms with E-state index in [1.165, 1.54) is 23.3 Å². The molecule has 4 amide bonds. The van der Waals surface area contributed by atoms with Gasteiger partial charge in [0.15, 0.2) is 11.3 Å². The summed E-state index contributed by atoms with van der Waals surface area (Å²) >= 11 is 1.51. The molecular formula is C39H43N5O10S2. The maximum Gasteiger partial charge on any atom is 0.407 e. The number of methoxy groups -OCH3 is 2. The lowest BCUT2D eigenvalue weighted by molar-refractivity contribution is -0.141. The topological polar surface area (TPSA) is 195 Å². The van der Waals surface area contributed by atoms with Crippen LogP contribution in [0.15, 0.2) is 58.3 Å². The number of carbonyl (C=O) groups is 4. The smallest absolute Gasteiger partial charge is 0.407 e. The second-order valence-corrected chi connectivity index (χ2v) is 17.7. The van der Waals surface area contributed by atoms with Gasteiger partial charge in [-0.1, -0.05) is 31.1 Å². The van der Waals surface area contributed by atoms with Crippen molar-refractivity contribution in [2.24, 2.45) is 5.92 Å². The van der Waals surface area contributed by atoms with E-state index in [9.17, 15) is 27.6 Å². The predicted octanol–water partition coefficient (Wildman–Crippen LogP) is 4.79. The van der Waals surface area contributed by atoms with Gasteiger partial charge in [-0.25, -0.2) is 18.2 Å². The minimum absolute atomic E-state index is 0.0211. The zero-order valence-corrected chi connectivity index (χ0v) is 32.6. The van der Waals surface area contributed by atoms with Gasteiger partial charge in [0, 0.05) is 29.9 Å². The van der Waals surface area contributed by atoms with Gasteiger partial charge in [0.25, 0.3) is 5.91 Å². The first kappa shape index (κ1) is 37.7. The normalized spacial score (nSPS) is 26.3. The fraction of sp³-hybridized carbons (Fsp3) is 0.462. The number of nitrogens with zero attached hydrogens (tertiary/aromatic N) is 2. The van der Waals surface area contributed by atoms with Gasteiger partial charge in [-0.3, -0.25) is 19.1 Å². The van der Waals surface area contributed by atoms with E-state index in [1.807, 2.05) is 41.8 Å². The molecule has 3 fully saturated rings. The van der Waals surface area contributed by atoms with E-state index in [2.05, 4.69) is 15.4 Å². The van der Waals surface area contributed by atoms with E-state index in [0.717, 1.165) is 23.1 Å². The van der Waals surface area contributed by atoms with Crippen LogP contribution in [0.25, 0.3) is 32.6 Å². The van der Waals surface area contributed by atoms with E-state index in [1.54, 1.807) is 19.2 Å². The van der Waals surface area contributed by atoms with Crippen LogP contribution in [0.4, 0.5) is 4.79 Å². The van der Waals surface area contributed by atoms with Crippen LogP contribution >= 0.6 is 11.3 Å². The SMILES string of the molecule is COC(=O)N[C@H]1CCCCC/C=C\[C@H]2C[C@@]2(C(=O)NS(=O)(=O)C2CC2)NC(=O)[C@@H]2C[C@@H](Oc3cc(-c4cccs4)nc4c3oc3cc(OC)ccc34)CN2C1=O. The Balaban J connectivity index is 1.15. The molecule has 2 aliphatic carbocycles. The number of fused-ring (bicyclic) bond motifs is 5. The maximum atomic E-state index is 14.5. The number of carbonyl (C=O) groups excluding carboxylic acids is 4. The molecule has 4 aliphatic rings. The number of hydrogen-bond donors (Lipinski definition) is 3. The van der Waals surface area contributed by atoms with E-state index in [0.29, 0.717) is 66.0 Å². The number of pyridine rings is 1. The van der Waals surface area contributed by atoms with Gasteiger partial charge in [0.05, 0.1) is 36.6 Å². The molecule has 2 aliphatic heterocycles. The van der Waals surface area contributed by atoms with Crippen molar-refractivity contribution in [2.75, 3.05) is 20.8 Å². The van der Waals surface area contributed by atoms with Crippen molar-refractivity contribution < 1.29 is 46.2 Å². The predicted molar refractivity (Wildman–Crippen MR) is 207 cm³/mol. The summed E-state index contributed by atoms with van der Waals surface area (Å²) in [7, 11) is -1.13. The Bertz CT molecular complexity index is 2320.